The van der Waals surface area contributed by atoms with Crippen molar-refractivity contribution in [3.63, 3.8) is 0 Å². The zero-order valence-corrected chi connectivity index (χ0v) is 41.9. The summed E-state index contributed by atoms with van der Waals surface area (Å²) in [5.74, 6) is -0.155. The van der Waals surface area contributed by atoms with Crippen LogP contribution in [0.3, 0.4) is 0 Å². The van der Waals surface area contributed by atoms with Gasteiger partial charge < -0.3 is 40.3 Å². The Labute approximate surface area is 403 Å². The summed E-state index contributed by atoms with van der Waals surface area (Å²) in [5.41, 5.74) is 0. The molecule has 9 heteroatoms. The maximum absolute atomic E-state index is 13.0. The van der Waals surface area contributed by atoms with Gasteiger partial charge in [0.2, 0.25) is 5.91 Å². The van der Waals surface area contributed by atoms with Crippen molar-refractivity contribution in [2.45, 2.75) is 256 Å². The second kappa shape index (κ2) is 46.1. The number of aliphatic hydroxyl groups is 5. The smallest absolute Gasteiger partial charge is 0.220 e. The molecule has 0 aliphatic carbocycles. The third kappa shape index (κ3) is 35.5. The van der Waals surface area contributed by atoms with Gasteiger partial charge in [-0.1, -0.05) is 221 Å². The molecule has 6 N–H and O–H groups in total. The number of carbonyl (C=O) groups excluding carboxylic acids is 1. The Morgan fingerprint density at radius 2 is 0.939 bits per heavy atom. The number of aliphatic hydroxyl groups excluding tert-OH is 5. The van der Waals surface area contributed by atoms with E-state index in [0.29, 0.717) is 12.8 Å². The molecule has 66 heavy (non-hydrogen) atoms. The first kappa shape index (κ1) is 61.4. The van der Waals surface area contributed by atoms with Gasteiger partial charge in [0.1, 0.15) is 24.4 Å². The van der Waals surface area contributed by atoms with E-state index in [1.165, 1.54) is 96.3 Å². The van der Waals surface area contributed by atoms with Crippen LogP contribution in [-0.2, 0) is 14.3 Å². The van der Waals surface area contributed by atoms with Gasteiger partial charge in [0.15, 0.2) is 6.29 Å². The highest BCUT2D eigenvalue weighted by molar-refractivity contribution is 5.76. The molecular weight excluding hydrogens is 827 g/mol. The Morgan fingerprint density at radius 3 is 1.39 bits per heavy atom. The Hall–Kier alpha value is -2.63. The molecule has 1 aliphatic heterocycles. The number of allylic oxidation sites excluding steroid dienone is 14. The van der Waals surface area contributed by atoms with Gasteiger partial charge in [-0.3, -0.25) is 4.79 Å². The molecule has 0 radical (unpaired) electrons. The molecule has 1 heterocycles. The highest BCUT2D eigenvalue weighted by Gasteiger charge is 2.44. The second-order valence-corrected chi connectivity index (χ2v) is 18.3. The third-order valence-corrected chi connectivity index (χ3v) is 12.3. The van der Waals surface area contributed by atoms with Crippen molar-refractivity contribution >= 4 is 5.91 Å². The lowest BCUT2D eigenvalue weighted by atomic mass is 9.99. The van der Waals surface area contributed by atoms with Crippen LogP contribution in [0.15, 0.2) is 85.1 Å². The fourth-order valence-corrected chi connectivity index (χ4v) is 8.02. The van der Waals surface area contributed by atoms with Gasteiger partial charge in [0.25, 0.3) is 0 Å². The Morgan fingerprint density at radius 1 is 0.530 bits per heavy atom. The Bertz CT molecular complexity index is 1300. The summed E-state index contributed by atoms with van der Waals surface area (Å²) in [7, 11) is 0. The molecule has 1 amide bonds. The quantitative estimate of drug-likeness (QED) is 0.0261. The summed E-state index contributed by atoms with van der Waals surface area (Å²) in [6.07, 6.45) is 57.4. The third-order valence-electron chi connectivity index (χ3n) is 12.3. The molecule has 0 aromatic heterocycles. The average molecular weight is 926 g/mol. The lowest BCUT2D eigenvalue weighted by molar-refractivity contribution is -0.302. The number of hydrogen-bond acceptors (Lipinski definition) is 8. The molecule has 7 atom stereocenters. The molecule has 380 valence electrons. The molecule has 1 fully saturated rings. The summed E-state index contributed by atoms with van der Waals surface area (Å²) in [6.45, 7) is 3.70. The zero-order chi connectivity index (χ0) is 48.0. The van der Waals surface area contributed by atoms with Crippen molar-refractivity contribution < 1.29 is 39.8 Å². The van der Waals surface area contributed by atoms with Crippen LogP contribution in [0, 0.1) is 0 Å². The highest BCUT2D eigenvalue weighted by Crippen LogP contribution is 2.23. The predicted octanol–water partition coefficient (Wildman–Crippen LogP) is 12.7. The fourth-order valence-electron chi connectivity index (χ4n) is 8.02. The van der Waals surface area contributed by atoms with E-state index in [2.05, 4.69) is 104 Å². The highest BCUT2D eigenvalue weighted by atomic mass is 16.7. The first-order valence-corrected chi connectivity index (χ1v) is 26.8. The van der Waals surface area contributed by atoms with E-state index in [0.717, 1.165) is 89.9 Å². The molecule has 9 nitrogen and oxygen atoms in total. The van der Waals surface area contributed by atoms with Gasteiger partial charge in [-0.25, -0.2) is 0 Å². The van der Waals surface area contributed by atoms with Crippen LogP contribution in [0.25, 0.3) is 0 Å². The number of hydrogen-bond donors (Lipinski definition) is 6. The van der Waals surface area contributed by atoms with Crippen LogP contribution in [0.4, 0.5) is 0 Å². The van der Waals surface area contributed by atoms with Crippen molar-refractivity contribution in [3.05, 3.63) is 85.1 Å². The largest absolute Gasteiger partial charge is 0.394 e. The van der Waals surface area contributed by atoms with E-state index in [-0.39, 0.29) is 12.5 Å². The van der Waals surface area contributed by atoms with Gasteiger partial charge in [0.05, 0.1) is 25.4 Å². The molecular formula is C57H99NO8. The predicted molar refractivity (Wildman–Crippen MR) is 276 cm³/mol. The standard InChI is InChI=1S/C57H99NO8/c1-3-5-7-9-11-13-15-17-18-19-20-21-22-23-24-25-26-27-28-29-30-31-32-33-34-35-37-39-41-43-45-47-53(61)58-50(49-65-57-56(64)55(63)54(62)52(48-59)66-57)51(60)46-44-42-40-38-36-16-14-12-10-8-6-4-2/h5,7,11,13,17-18,20-21,23-24,26-27,29-30,50-52,54-57,59-60,62-64H,3-4,6,8-10,12,14-16,19,22,25,28,31-49H2,1-2H3,(H,58,61)/b7-5-,13-11-,18-17-,21-20-,24-23-,27-26-,30-29-. The number of nitrogens with one attached hydrogen (secondary N) is 1. The van der Waals surface area contributed by atoms with Crippen LogP contribution < -0.4 is 5.32 Å². The molecule has 1 rings (SSSR count). The monoisotopic (exact) mass is 926 g/mol. The summed E-state index contributed by atoms with van der Waals surface area (Å²) in [6, 6.07) is -0.726. The van der Waals surface area contributed by atoms with E-state index < -0.39 is 49.5 Å². The lowest BCUT2D eigenvalue weighted by Gasteiger charge is -2.40. The minimum atomic E-state index is -1.56. The Kier molecular flexibility index (Phi) is 42.9. The first-order valence-electron chi connectivity index (χ1n) is 26.8. The van der Waals surface area contributed by atoms with Crippen molar-refractivity contribution in [1.82, 2.24) is 5.32 Å². The Balaban J connectivity index is 2.19. The van der Waals surface area contributed by atoms with E-state index >= 15 is 0 Å². The molecule has 0 spiro atoms. The molecule has 7 unspecified atom stereocenters. The normalized spacial score (nSPS) is 20.5. The minimum Gasteiger partial charge on any atom is -0.394 e. The fraction of sp³-hybridized carbons (Fsp3) is 0.737. The first-order chi connectivity index (χ1) is 32.3. The van der Waals surface area contributed by atoms with Gasteiger partial charge in [0, 0.05) is 6.42 Å². The number of carbonyl (C=O) groups is 1. The zero-order valence-electron chi connectivity index (χ0n) is 41.9. The van der Waals surface area contributed by atoms with Crippen molar-refractivity contribution in [2.24, 2.45) is 0 Å². The molecule has 1 saturated heterocycles. The van der Waals surface area contributed by atoms with E-state index in [1.54, 1.807) is 0 Å². The van der Waals surface area contributed by atoms with Gasteiger partial charge in [-0.05, 0) is 70.6 Å². The van der Waals surface area contributed by atoms with Crippen LogP contribution in [0.2, 0.25) is 0 Å². The van der Waals surface area contributed by atoms with E-state index in [4.69, 9.17) is 9.47 Å². The van der Waals surface area contributed by atoms with Crippen LogP contribution >= 0.6 is 0 Å². The SMILES string of the molecule is CC/C=C\C/C=C\C/C=C\C/C=C\C/C=C\C/C=C\C/C=C\CCCCCCCCCCCC(=O)NC(COC1OC(CO)C(O)C(O)C1O)C(O)CCCCCCCCCCCCCC. The molecule has 0 saturated carbocycles. The van der Waals surface area contributed by atoms with Crippen LogP contribution in [-0.4, -0.2) is 87.5 Å². The summed E-state index contributed by atoms with van der Waals surface area (Å²) in [4.78, 5) is 13.0. The van der Waals surface area contributed by atoms with E-state index in [1.807, 2.05) is 0 Å². The molecule has 0 aromatic carbocycles. The van der Waals surface area contributed by atoms with Crippen LogP contribution in [0.1, 0.15) is 213 Å². The second-order valence-electron chi connectivity index (χ2n) is 18.3. The van der Waals surface area contributed by atoms with Crippen LogP contribution in [0.5, 0.6) is 0 Å². The number of ether oxygens (including phenoxy) is 2. The number of unbranched alkanes of at least 4 members (excludes halogenated alkanes) is 20. The van der Waals surface area contributed by atoms with E-state index in [9.17, 15) is 30.3 Å². The van der Waals surface area contributed by atoms with Gasteiger partial charge in [-0.2, -0.15) is 0 Å². The molecule has 0 aromatic rings. The number of rotatable bonds is 44. The van der Waals surface area contributed by atoms with Gasteiger partial charge >= 0.3 is 0 Å². The van der Waals surface area contributed by atoms with Crippen molar-refractivity contribution in [2.75, 3.05) is 13.2 Å². The number of amides is 1. The maximum atomic E-state index is 13.0. The molecule has 0 bridgehead atoms. The minimum absolute atomic E-state index is 0.144. The molecule has 1 aliphatic rings. The summed E-state index contributed by atoms with van der Waals surface area (Å²) >= 11 is 0. The lowest BCUT2D eigenvalue weighted by Crippen LogP contribution is -2.60. The topological polar surface area (TPSA) is 149 Å². The summed E-state index contributed by atoms with van der Waals surface area (Å²) in [5, 5.41) is 54.5. The van der Waals surface area contributed by atoms with Crippen molar-refractivity contribution in [1.29, 1.82) is 0 Å². The van der Waals surface area contributed by atoms with Crippen molar-refractivity contribution in [3.8, 4) is 0 Å². The van der Waals surface area contributed by atoms with Gasteiger partial charge in [-0.15, -0.1) is 0 Å². The summed E-state index contributed by atoms with van der Waals surface area (Å²) < 4.78 is 11.3. The maximum Gasteiger partial charge on any atom is 0.220 e. The average Bonchev–Trinajstić information content (AvgIpc) is 3.32.